The molecule has 0 N–H and O–H groups in total. The molecule has 7 heteroatoms. The van der Waals surface area contributed by atoms with Gasteiger partial charge in [0.25, 0.3) is 0 Å². The van der Waals surface area contributed by atoms with Crippen molar-refractivity contribution in [3.8, 4) is 46.3 Å². The van der Waals surface area contributed by atoms with Crippen molar-refractivity contribution in [1.29, 1.82) is 0 Å². The molecular weight excluding hydrogens is 424 g/mol. The molecule has 0 spiro atoms. The van der Waals surface area contributed by atoms with Gasteiger partial charge in [0.15, 0.2) is 5.76 Å². The maximum Gasteiger partial charge on any atom is 0.344 e. The third kappa shape index (κ3) is 3.56. The minimum atomic E-state index is -0.911. The second-order valence-electron chi connectivity index (χ2n) is 7.55. The van der Waals surface area contributed by atoms with Gasteiger partial charge in [-0.3, -0.25) is 0 Å². The van der Waals surface area contributed by atoms with Crippen LogP contribution < -0.4 is 20.7 Å². The molecule has 164 valence electrons. The number of hydrogen-bond acceptors (Lipinski definition) is 7. The van der Waals surface area contributed by atoms with Crippen molar-refractivity contribution in [3.63, 3.8) is 0 Å². The van der Waals surface area contributed by atoms with Crippen LogP contribution in [0.3, 0.4) is 0 Å². The zero-order valence-corrected chi connectivity index (χ0v) is 17.8. The van der Waals surface area contributed by atoms with Gasteiger partial charge in [0, 0.05) is 11.5 Å². The van der Waals surface area contributed by atoms with Gasteiger partial charge in [0.2, 0.25) is 6.29 Å². The summed E-state index contributed by atoms with van der Waals surface area (Å²) in [6.07, 6.45) is 4.44. The van der Waals surface area contributed by atoms with Crippen molar-refractivity contribution in [2.45, 2.75) is 13.2 Å². The molecule has 0 aliphatic carbocycles. The van der Waals surface area contributed by atoms with Crippen molar-refractivity contribution >= 4 is 11.0 Å². The van der Waals surface area contributed by atoms with Crippen LogP contribution in [0.15, 0.2) is 67.0 Å². The first kappa shape index (κ1) is 20.6. The summed E-state index contributed by atoms with van der Waals surface area (Å²) in [7, 11) is 1.52. The summed E-state index contributed by atoms with van der Waals surface area (Å²) in [5, 5.41) is 0.625. The van der Waals surface area contributed by atoms with Crippen LogP contribution in [-0.2, 0) is 4.74 Å². The van der Waals surface area contributed by atoms with Crippen LogP contribution in [0.2, 0.25) is 0 Å². The van der Waals surface area contributed by atoms with Crippen LogP contribution >= 0.6 is 0 Å². The summed E-state index contributed by atoms with van der Waals surface area (Å²) in [6, 6.07) is 13.7. The normalized spacial score (nSPS) is 14.2. The van der Waals surface area contributed by atoms with E-state index in [0.717, 1.165) is 5.56 Å². The molecule has 1 unspecified atom stereocenters. The third-order valence-corrected chi connectivity index (χ3v) is 5.40. The molecule has 1 aliphatic rings. The molecule has 0 bridgehead atoms. The minimum absolute atomic E-state index is 0.0142. The molecular formula is C26H18O7. The average molecular weight is 442 g/mol. The SMILES string of the molecule is C#CCOC1Oc2ccc(C)cc2-c2oc(=O)c(-c3cc4ccc(OC)cc4oc3=O)cc21. The van der Waals surface area contributed by atoms with E-state index in [4.69, 9.17) is 29.5 Å². The van der Waals surface area contributed by atoms with Gasteiger partial charge in [-0.2, -0.15) is 0 Å². The van der Waals surface area contributed by atoms with Crippen molar-refractivity contribution < 1.29 is 23.0 Å². The van der Waals surface area contributed by atoms with E-state index in [1.54, 1.807) is 30.3 Å². The maximum absolute atomic E-state index is 13.0. The first-order valence-electron chi connectivity index (χ1n) is 10.1. The van der Waals surface area contributed by atoms with Crippen molar-refractivity contribution in [2.24, 2.45) is 0 Å². The van der Waals surface area contributed by atoms with Gasteiger partial charge < -0.3 is 23.0 Å². The van der Waals surface area contributed by atoms with Gasteiger partial charge in [0.1, 0.15) is 23.7 Å². The molecule has 0 saturated heterocycles. The largest absolute Gasteiger partial charge is 0.497 e. The lowest BCUT2D eigenvalue weighted by Crippen LogP contribution is -2.21. The van der Waals surface area contributed by atoms with E-state index in [0.29, 0.717) is 39.4 Å². The highest BCUT2D eigenvalue weighted by Crippen LogP contribution is 2.43. The number of terminal acetylenes is 1. The smallest absolute Gasteiger partial charge is 0.344 e. The molecule has 3 heterocycles. The highest BCUT2D eigenvalue weighted by molar-refractivity contribution is 5.83. The number of methoxy groups -OCH3 is 1. The molecule has 0 saturated carbocycles. The van der Waals surface area contributed by atoms with Crippen LogP contribution in [0.25, 0.3) is 33.4 Å². The van der Waals surface area contributed by atoms with Gasteiger partial charge >= 0.3 is 11.3 Å². The van der Waals surface area contributed by atoms with Crippen molar-refractivity contribution in [3.05, 3.63) is 80.5 Å². The Balaban J connectivity index is 1.71. The summed E-state index contributed by atoms with van der Waals surface area (Å²) < 4.78 is 28.0. The molecule has 2 aromatic carbocycles. The number of aryl methyl sites for hydroxylation is 1. The standard InChI is InChI=1S/C26H18O7/c1-4-9-30-26-20-13-18(17-11-15-6-7-16(29-3)12-22(15)31-24(17)27)25(28)33-23(20)19-10-14(2)5-8-21(19)32-26/h1,5-8,10-13,26H,9H2,2-3H3. The van der Waals surface area contributed by atoms with Crippen molar-refractivity contribution in [2.75, 3.05) is 13.7 Å². The molecule has 1 aliphatic heterocycles. The van der Waals surface area contributed by atoms with E-state index in [1.165, 1.54) is 13.2 Å². The molecule has 0 fully saturated rings. The fourth-order valence-corrected chi connectivity index (χ4v) is 3.82. The topological polar surface area (TPSA) is 88.1 Å². The Morgan fingerprint density at radius 1 is 0.970 bits per heavy atom. The second kappa shape index (κ2) is 8.01. The predicted molar refractivity (Wildman–Crippen MR) is 121 cm³/mol. The van der Waals surface area contributed by atoms with Gasteiger partial charge in [0.05, 0.1) is 29.4 Å². The lowest BCUT2D eigenvalue weighted by atomic mass is 9.98. The summed E-state index contributed by atoms with van der Waals surface area (Å²) in [6.45, 7) is 1.91. The van der Waals surface area contributed by atoms with Crippen LogP contribution in [-0.4, -0.2) is 13.7 Å². The second-order valence-corrected chi connectivity index (χ2v) is 7.55. The highest BCUT2D eigenvalue weighted by atomic mass is 16.7. The molecule has 2 aromatic heterocycles. The van der Waals surface area contributed by atoms with E-state index in [1.807, 2.05) is 19.1 Å². The molecule has 7 nitrogen and oxygen atoms in total. The Hall–Kier alpha value is -4.28. The summed E-state index contributed by atoms with van der Waals surface area (Å²) in [4.78, 5) is 25.8. The first-order chi connectivity index (χ1) is 16.0. The number of hydrogen-bond donors (Lipinski definition) is 0. The predicted octanol–water partition coefficient (Wildman–Crippen LogP) is 4.44. The number of rotatable bonds is 4. The summed E-state index contributed by atoms with van der Waals surface area (Å²) in [5.41, 5.74) is 1.11. The van der Waals surface area contributed by atoms with Gasteiger partial charge in [-0.1, -0.05) is 17.6 Å². The molecule has 4 aromatic rings. The lowest BCUT2D eigenvalue weighted by molar-refractivity contribution is -0.0731. The lowest BCUT2D eigenvalue weighted by Gasteiger charge is -2.27. The third-order valence-electron chi connectivity index (χ3n) is 5.40. The van der Waals surface area contributed by atoms with Crippen LogP contribution in [0.1, 0.15) is 17.4 Å². The van der Waals surface area contributed by atoms with E-state index in [2.05, 4.69) is 5.92 Å². The van der Waals surface area contributed by atoms with Gasteiger partial charge in [-0.25, -0.2) is 9.59 Å². The fraction of sp³-hybridized carbons (Fsp3) is 0.154. The number of fused-ring (bicyclic) bond motifs is 4. The van der Waals surface area contributed by atoms with E-state index in [9.17, 15) is 9.59 Å². The van der Waals surface area contributed by atoms with E-state index >= 15 is 0 Å². The van der Waals surface area contributed by atoms with Crippen molar-refractivity contribution in [1.82, 2.24) is 0 Å². The molecule has 0 radical (unpaired) electrons. The average Bonchev–Trinajstić information content (AvgIpc) is 2.81. The molecule has 5 rings (SSSR count). The summed E-state index contributed by atoms with van der Waals surface area (Å²) in [5.74, 6) is 3.77. The number of benzene rings is 2. The zero-order valence-electron chi connectivity index (χ0n) is 17.8. The van der Waals surface area contributed by atoms with Crippen LogP contribution in [0.4, 0.5) is 0 Å². The fourth-order valence-electron chi connectivity index (χ4n) is 3.82. The van der Waals surface area contributed by atoms with Crippen LogP contribution in [0, 0.1) is 19.3 Å². The Bertz CT molecular complexity index is 1550. The maximum atomic E-state index is 13.0. The van der Waals surface area contributed by atoms with Crippen LogP contribution in [0.5, 0.6) is 11.5 Å². The quantitative estimate of drug-likeness (QED) is 0.341. The highest BCUT2D eigenvalue weighted by Gasteiger charge is 2.31. The van der Waals surface area contributed by atoms with E-state index in [-0.39, 0.29) is 17.7 Å². The molecule has 0 amide bonds. The first-order valence-corrected chi connectivity index (χ1v) is 10.1. The van der Waals surface area contributed by atoms with E-state index < -0.39 is 17.5 Å². The number of ether oxygens (including phenoxy) is 3. The molecule has 1 atom stereocenters. The Morgan fingerprint density at radius 3 is 2.55 bits per heavy atom. The Kier molecular flexibility index (Phi) is 5.00. The minimum Gasteiger partial charge on any atom is -0.497 e. The summed E-state index contributed by atoms with van der Waals surface area (Å²) >= 11 is 0. The Labute approximate surface area is 188 Å². The zero-order chi connectivity index (χ0) is 23.1. The van der Waals surface area contributed by atoms with Gasteiger partial charge in [-0.05, 0) is 43.3 Å². The molecule has 33 heavy (non-hydrogen) atoms. The Morgan fingerprint density at radius 2 is 1.76 bits per heavy atom. The monoisotopic (exact) mass is 442 g/mol. The van der Waals surface area contributed by atoms with Gasteiger partial charge in [-0.15, -0.1) is 6.42 Å².